The van der Waals surface area contributed by atoms with Crippen LogP contribution in [0.2, 0.25) is 0 Å². The van der Waals surface area contributed by atoms with Gasteiger partial charge in [0.05, 0.1) is 10.9 Å². The molecule has 0 aliphatic carbocycles. The van der Waals surface area contributed by atoms with Crippen molar-refractivity contribution in [2.75, 3.05) is 5.75 Å². The highest BCUT2D eigenvalue weighted by Crippen LogP contribution is 2.30. The van der Waals surface area contributed by atoms with Gasteiger partial charge in [-0.3, -0.25) is 4.79 Å². The van der Waals surface area contributed by atoms with Crippen molar-refractivity contribution >= 4 is 32.5 Å². The number of benzene rings is 2. The maximum absolute atomic E-state index is 13.0. The predicted molar refractivity (Wildman–Crippen MR) is 115 cm³/mol. The summed E-state index contributed by atoms with van der Waals surface area (Å²) in [5.41, 5.74) is -0.744. The molecule has 1 atom stereocenters. The second-order valence-corrected chi connectivity index (χ2v) is 10.6. The molecule has 0 unspecified atom stereocenters. The molecule has 0 fully saturated rings. The number of rotatable bonds is 7. The van der Waals surface area contributed by atoms with E-state index >= 15 is 0 Å². The van der Waals surface area contributed by atoms with Crippen LogP contribution in [0.1, 0.15) is 41.0 Å². The summed E-state index contributed by atoms with van der Waals surface area (Å²) in [7, 11) is -4.01. The zero-order valence-corrected chi connectivity index (χ0v) is 18.7. The second kappa shape index (κ2) is 9.04. The normalized spacial score (nSPS) is 13.3. The van der Waals surface area contributed by atoms with Crippen LogP contribution in [-0.2, 0) is 19.4 Å². The van der Waals surface area contributed by atoms with Crippen LogP contribution in [0.4, 0.5) is 4.79 Å². The van der Waals surface area contributed by atoms with Crippen LogP contribution < -0.4 is 5.32 Å². The lowest BCUT2D eigenvalue weighted by Gasteiger charge is -2.24. The summed E-state index contributed by atoms with van der Waals surface area (Å²) in [6.45, 7) is 8.85. The summed E-state index contributed by atoms with van der Waals surface area (Å²) in [6.07, 6.45) is -0.488. The quantitative estimate of drug-likeness (QED) is 0.684. The Morgan fingerprint density at radius 2 is 1.67 bits per heavy atom. The van der Waals surface area contributed by atoms with Gasteiger partial charge >= 0.3 is 6.09 Å². The van der Waals surface area contributed by atoms with Crippen molar-refractivity contribution in [1.82, 2.24) is 5.32 Å². The molecule has 2 aromatic carbocycles. The van der Waals surface area contributed by atoms with E-state index in [4.69, 9.17) is 4.74 Å². The fourth-order valence-electron chi connectivity index (χ4n) is 3.08. The van der Waals surface area contributed by atoms with Crippen molar-refractivity contribution in [1.29, 1.82) is 0 Å². The first kappa shape index (κ1) is 23.7. The summed E-state index contributed by atoms with van der Waals surface area (Å²) in [6, 6.07) is 8.14. The summed E-state index contributed by atoms with van der Waals surface area (Å²) in [5, 5.41) is 13.2. The third kappa shape index (κ3) is 6.19. The van der Waals surface area contributed by atoms with E-state index in [0.717, 1.165) is 0 Å². The fraction of sp³-hybridized carbons (Fsp3) is 0.455. The standard InChI is InChI=1S/C22H29NO6S/c1-14(2)12-17(23-21(26)29-22(3,4)5)19(25)13-30(27,28)20-11-10-18(24)15-8-6-7-9-16(15)20/h6-11,14,17,24H,12-13H2,1-5H3,(H,23,26)/t17-/m0/s1. The fourth-order valence-corrected chi connectivity index (χ4v) is 4.60. The van der Waals surface area contributed by atoms with Gasteiger partial charge in [-0.2, -0.15) is 0 Å². The Kier molecular flexibility index (Phi) is 7.13. The van der Waals surface area contributed by atoms with E-state index in [1.54, 1.807) is 45.0 Å². The number of aromatic hydroxyl groups is 1. The Morgan fingerprint density at radius 1 is 1.07 bits per heavy atom. The van der Waals surface area contributed by atoms with Gasteiger partial charge in [0.2, 0.25) is 0 Å². The lowest BCUT2D eigenvalue weighted by Crippen LogP contribution is -2.46. The van der Waals surface area contributed by atoms with Gasteiger partial charge in [0.15, 0.2) is 15.6 Å². The molecular weight excluding hydrogens is 406 g/mol. The predicted octanol–water partition coefficient (Wildman–Crippen LogP) is 3.83. The van der Waals surface area contributed by atoms with E-state index in [-0.39, 0.29) is 23.0 Å². The van der Waals surface area contributed by atoms with E-state index in [1.165, 1.54) is 12.1 Å². The van der Waals surface area contributed by atoms with Crippen LogP contribution in [0, 0.1) is 5.92 Å². The summed E-state index contributed by atoms with van der Waals surface area (Å²) >= 11 is 0. The molecule has 0 radical (unpaired) electrons. The van der Waals surface area contributed by atoms with Crippen molar-refractivity contribution in [3.8, 4) is 5.75 Å². The highest BCUT2D eigenvalue weighted by atomic mass is 32.2. The molecule has 30 heavy (non-hydrogen) atoms. The average molecular weight is 436 g/mol. The number of phenols is 1. The van der Waals surface area contributed by atoms with Crippen molar-refractivity contribution in [2.45, 2.75) is 57.6 Å². The number of carbonyl (C=O) groups excluding carboxylic acids is 2. The Bertz CT molecular complexity index is 1040. The number of Topliss-reactive ketones (excluding diaryl/α,β-unsaturated/α-hetero) is 1. The molecule has 0 spiro atoms. The zero-order valence-electron chi connectivity index (χ0n) is 17.9. The molecule has 0 aromatic heterocycles. The van der Waals surface area contributed by atoms with Crippen LogP contribution in [0.25, 0.3) is 10.8 Å². The molecule has 0 aliphatic rings. The number of sulfone groups is 1. The first-order valence-corrected chi connectivity index (χ1v) is 11.4. The molecule has 2 N–H and O–H groups in total. The smallest absolute Gasteiger partial charge is 0.408 e. The third-order valence-electron chi connectivity index (χ3n) is 4.32. The zero-order chi connectivity index (χ0) is 22.7. The highest BCUT2D eigenvalue weighted by molar-refractivity contribution is 7.92. The number of ether oxygens (including phenoxy) is 1. The second-order valence-electron chi connectivity index (χ2n) is 8.68. The van der Waals surface area contributed by atoms with E-state index in [0.29, 0.717) is 10.8 Å². The van der Waals surface area contributed by atoms with Crippen molar-refractivity contribution in [2.24, 2.45) is 5.92 Å². The molecule has 0 aliphatic heterocycles. The minimum Gasteiger partial charge on any atom is -0.507 e. The molecule has 7 nitrogen and oxygen atoms in total. The van der Waals surface area contributed by atoms with Crippen LogP contribution in [0.5, 0.6) is 5.75 Å². The topological polar surface area (TPSA) is 110 Å². The number of alkyl carbamates (subject to hydrolysis) is 1. The number of nitrogens with one attached hydrogen (secondary N) is 1. The van der Waals surface area contributed by atoms with Gasteiger partial charge in [0.25, 0.3) is 0 Å². The van der Waals surface area contributed by atoms with Gasteiger partial charge in [-0.1, -0.05) is 38.1 Å². The number of carbonyl (C=O) groups is 2. The minimum absolute atomic E-state index is 0.0372. The molecule has 164 valence electrons. The lowest BCUT2D eigenvalue weighted by atomic mass is 10.0. The molecule has 8 heteroatoms. The van der Waals surface area contributed by atoms with E-state index in [1.807, 2.05) is 13.8 Å². The van der Waals surface area contributed by atoms with Crippen molar-refractivity contribution in [3.05, 3.63) is 36.4 Å². The number of amides is 1. The van der Waals surface area contributed by atoms with E-state index < -0.39 is 39.1 Å². The van der Waals surface area contributed by atoms with Gasteiger partial charge in [0, 0.05) is 10.8 Å². The first-order valence-electron chi connectivity index (χ1n) is 9.76. The van der Waals surface area contributed by atoms with Gasteiger partial charge in [-0.25, -0.2) is 13.2 Å². The maximum atomic E-state index is 13.0. The minimum atomic E-state index is -4.01. The maximum Gasteiger partial charge on any atom is 0.408 e. The molecular formula is C22H29NO6S. The molecule has 2 rings (SSSR count). The molecule has 1 amide bonds. The third-order valence-corrected chi connectivity index (χ3v) is 6.01. The summed E-state index contributed by atoms with van der Waals surface area (Å²) in [5.74, 6) is -1.38. The van der Waals surface area contributed by atoms with Gasteiger partial charge in [-0.15, -0.1) is 0 Å². The first-order chi connectivity index (χ1) is 13.8. The van der Waals surface area contributed by atoms with Crippen LogP contribution in [0.15, 0.2) is 41.3 Å². The summed E-state index contributed by atoms with van der Waals surface area (Å²) < 4.78 is 31.3. The number of hydrogen-bond acceptors (Lipinski definition) is 6. The number of fused-ring (bicyclic) bond motifs is 1. The Balaban J connectivity index is 2.30. The Labute approximate surface area is 177 Å². The van der Waals surface area contributed by atoms with Crippen molar-refractivity contribution in [3.63, 3.8) is 0 Å². The van der Waals surface area contributed by atoms with Crippen LogP contribution >= 0.6 is 0 Å². The molecule has 2 aromatic rings. The monoisotopic (exact) mass is 435 g/mol. The SMILES string of the molecule is CC(C)C[C@H](NC(=O)OC(C)(C)C)C(=O)CS(=O)(=O)c1ccc(O)c2ccccc12. The van der Waals surface area contributed by atoms with Gasteiger partial charge in [0.1, 0.15) is 17.1 Å². The Hall–Kier alpha value is -2.61. The Morgan fingerprint density at radius 3 is 2.23 bits per heavy atom. The average Bonchev–Trinajstić information content (AvgIpc) is 2.59. The largest absolute Gasteiger partial charge is 0.507 e. The highest BCUT2D eigenvalue weighted by Gasteiger charge is 2.30. The number of ketones is 1. The number of phenolic OH excluding ortho intramolecular Hbond substituents is 1. The number of hydrogen-bond donors (Lipinski definition) is 2. The lowest BCUT2D eigenvalue weighted by molar-refractivity contribution is -0.119. The van der Waals surface area contributed by atoms with Crippen molar-refractivity contribution < 1.29 is 27.9 Å². The molecule has 0 heterocycles. The molecule has 0 saturated heterocycles. The van der Waals surface area contributed by atoms with Gasteiger partial charge < -0.3 is 15.2 Å². The molecule has 0 saturated carbocycles. The summed E-state index contributed by atoms with van der Waals surface area (Å²) in [4.78, 5) is 25.0. The molecule has 0 bridgehead atoms. The van der Waals surface area contributed by atoms with Crippen LogP contribution in [0.3, 0.4) is 0 Å². The van der Waals surface area contributed by atoms with Gasteiger partial charge in [-0.05, 0) is 45.2 Å². The van der Waals surface area contributed by atoms with Crippen LogP contribution in [-0.4, -0.2) is 42.8 Å². The van der Waals surface area contributed by atoms with E-state index in [9.17, 15) is 23.1 Å². The van der Waals surface area contributed by atoms with E-state index in [2.05, 4.69) is 5.32 Å².